The molecule has 0 aliphatic rings. The van der Waals surface area contributed by atoms with Gasteiger partial charge in [0.25, 0.3) is 5.69 Å². The first kappa shape index (κ1) is 20.5. The molecule has 4 rings (SSSR count). The first-order valence-corrected chi connectivity index (χ1v) is 10.2. The molecule has 1 aromatic heterocycles. The van der Waals surface area contributed by atoms with Crippen LogP contribution >= 0.6 is 12.2 Å². The lowest BCUT2D eigenvalue weighted by molar-refractivity contribution is -0.384. The number of hydrogen-bond acceptors (Lipinski definition) is 4. The highest BCUT2D eigenvalue weighted by atomic mass is 32.1. The summed E-state index contributed by atoms with van der Waals surface area (Å²) in [6.07, 6.45) is 0. The Morgan fingerprint density at radius 2 is 1.74 bits per heavy atom. The molecular formula is C23H21N5O2S. The number of rotatable bonds is 5. The zero-order chi connectivity index (χ0) is 22.0. The number of nitro groups is 1. The Hall–Kier alpha value is -3.78. The Morgan fingerprint density at radius 3 is 2.48 bits per heavy atom. The molecule has 0 saturated heterocycles. The number of anilines is 2. The van der Waals surface area contributed by atoms with Gasteiger partial charge in [-0.2, -0.15) is 5.10 Å². The maximum atomic E-state index is 10.8. The second kappa shape index (κ2) is 8.53. The molecule has 0 aliphatic carbocycles. The van der Waals surface area contributed by atoms with Gasteiger partial charge in [-0.05, 0) is 54.5 Å². The number of hydrogen-bond donors (Lipinski definition) is 2. The molecule has 3 aromatic carbocycles. The Bertz CT molecular complexity index is 1280. The zero-order valence-electron chi connectivity index (χ0n) is 17.1. The number of aryl methyl sites for hydroxylation is 1. The van der Waals surface area contributed by atoms with Gasteiger partial charge >= 0.3 is 0 Å². The highest BCUT2D eigenvalue weighted by Gasteiger charge is 2.14. The summed E-state index contributed by atoms with van der Waals surface area (Å²) in [6, 6.07) is 20.7. The minimum absolute atomic E-state index is 0.0332. The molecule has 0 bridgehead atoms. The van der Waals surface area contributed by atoms with Crippen molar-refractivity contribution in [2.24, 2.45) is 0 Å². The fourth-order valence-corrected chi connectivity index (χ4v) is 3.79. The van der Waals surface area contributed by atoms with Crippen LogP contribution in [0, 0.1) is 24.0 Å². The van der Waals surface area contributed by atoms with E-state index < -0.39 is 4.92 Å². The summed E-state index contributed by atoms with van der Waals surface area (Å²) in [4.78, 5) is 10.4. The molecule has 31 heavy (non-hydrogen) atoms. The van der Waals surface area contributed by atoms with Crippen molar-refractivity contribution < 1.29 is 4.92 Å². The third-order valence-corrected chi connectivity index (χ3v) is 5.36. The first-order valence-electron chi connectivity index (χ1n) is 9.75. The van der Waals surface area contributed by atoms with E-state index >= 15 is 0 Å². The third kappa shape index (κ3) is 4.39. The average Bonchev–Trinajstić information content (AvgIpc) is 3.01. The van der Waals surface area contributed by atoms with Crippen LogP contribution in [-0.4, -0.2) is 19.8 Å². The van der Waals surface area contributed by atoms with Gasteiger partial charge in [0, 0.05) is 17.8 Å². The molecule has 0 fully saturated rings. The van der Waals surface area contributed by atoms with E-state index in [0.717, 1.165) is 17.1 Å². The summed E-state index contributed by atoms with van der Waals surface area (Å²) in [5.74, 6) is 0. The Kier molecular flexibility index (Phi) is 5.64. The second-order valence-electron chi connectivity index (χ2n) is 7.22. The van der Waals surface area contributed by atoms with Crippen LogP contribution in [0.3, 0.4) is 0 Å². The number of benzene rings is 3. The fourth-order valence-electron chi connectivity index (χ4n) is 3.57. The van der Waals surface area contributed by atoms with Crippen LogP contribution in [0.15, 0.2) is 66.7 Å². The quantitative estimate of drug-likeness (QED) is 0.249. The van der Waals surface area contributed by atoms with Crippen molar-refractivity contribution in [2.45, 2.75) is 20.4 Å². The monoisotopic (exact) mass is 431 g/mol. The number of nitro benzene ring substituents is 1. The van der Waals surface area contributed by atoms with Crippen molar-refractivity contribution in [2.75, 3.05) is 10.6 Å². The van der Waals surface area contributed by atoms with Gasteiger partial charge in [0.1, 0.15) is 0 Å². The summed E-state index contributed by atoms with van der Waals surface area (Å²) < 4.78 is 1.97. The van der Waals surface area contributed by atoms with E-state index in [2.05, 4.69) is 41.0 Å². The number of thiocarbonyl (C=S) groups is 1. The van der Waals surface area contributed by atoms with Crippen molar-refractivity contribution in [3.05, 3.63) is 93.8 Å². The maximum Gasteiger partial charge on any atom is 0.269 e. The minimum atomic E-state index is -0.433. The minimum Gasteiger partial charge on any atom is -0.332 e. The van der Waals surface area contributed by atoms with Crippen LogP contribution in [0.5, 0.6) is 0 Å². The molecule has 1 heterocycles. The average molecular weight is 432 g/mol. The van der Waals surface area contributed by atoms with Gasteiger partial charge in [-0.25, -0.2) is 0 Å². The third-order valence-electron chi connectivity index (χ3n) is 5.16. The van der Waals surface area contributed by atoms with Crippen molar-refractivity contribution in [1.29, 1.82) is 0 Å². The molecule has 0 radical (unpaired) electrons. The molecule has 7 nitrogen and oxygen atoms in total. The zero-order valence-corrected chi connectivity index (χ0v) is 17.9. The standard InChI is InChI=1S/C23H21N5O2S/c1-15-22(25-23(31)24-19-10-12-20(13-11-19)28(29)30)16(2)27(26-15)14-18-8-5-7-17-6-3-4-9-21(17)18/h3-13H,14H2,1-2H3,(H2,24,25,31). The van der Waals surface area contributed by atoms with Crippen LogP contribution in [0.1, 0.15) is 17.0 Å². The van der Waals surface area contributed by atoms with Crippen LogP contribution in [-0.2, 0) is 6.54 Å². The van der Waals surface area contributed by atoms with E-state index in [0.29, 0.717) is 17.3 Å². The maximum absolute atomic E-state index is 10.8. The predicted octanol–water partition coefficient (Wildman–Crippen LogP) is 5.42. The number of aromatic nitrogens is 2. The van der Waals surface area contributed by atoms with Crippen LogP contribution in [0.4, 0.5) is 17.1 Å². The van der Waals surface area contributed by atoms with Crippen LogP contribution < -0.4 is 10.6 Å². The van der Waals surface area contributed by atoms with Crippen LogP contribution in [0.2, 0.25) is 0 Å². The second-order valence-corrected chi connectivity index (χ2v) is 7.63. The van der Waals surface area contributed by atoms with E-state index in [1.807, 2.05) is 30.7 Å². The summed E-state index contributed by atoms with van der Waals surface area (Å²) >= 11 is 5.43. The molecular weight excluding hydrogens is 410 g/mol. The summed E-state index contributed by atoms with van der Waals surface area (Å²) in [7, 11) is 0. The van der Waals surface area contributed by atoms with E-state index in [1.165, 1.54) is 28.5 Å². The van der Waals surface area contributed by atoms with E-state index in [4.69, 9.17) is 17.3 Å². The molecule has 0 amide bonds. The molecule has 0 atom stereocenters. The predicted molar refractivity (Wildman–Crippen MR) is 128 cm³/mol. The Labute approximate surface area is 184 Å². The van der Waals surface area contributed by atoms with Crippen molar-refractivity contribution in [3.63, 3.8) is 0 Å². The largest absolute Gasteiger partial charge is 0.332 e. The summed E-state index contributed by atoms with van der Waals surface area (Å²) in [6.45, 7) is 4.59. The van der Waals surface area contributed by atoms with E-state index in [1.54, 1.807) is 12.1 Å². The van der Waals surface area contributed by atoms with Crippen LogP contribution in [0.25, 0.3) is 10.8 Å². The van der Waals surface area contributed by atoms with Gasteiger partial charge in [-0.1, -0.05) is 42.5 Å². The lowest BCUT2D eigenvalue weighted by atomic mass is 10.0. The molecule has 0 spiro atoms. The van der Waals surface area contributed by atoms with Crippen molar-refractivity contribution >= 4 is 45.2 Å². The van der Waals surface area contributed by atoms with Crippen molar-refractivity contribution in [3.8, 4) is 0 Å². The molecule has 156 valence electrons. The summed E-state index contributed by atoms with van der Waals surface area (Å²) in [5.41, 5.74) is 4.55. The molecule has 0 saturated carbocycles. The number of nitrogens with zero attached hydrogens (tertiary/aromatic N) is 3. The Balaban J connectivity index is 1.51. The Morgan fingerprint density at radius 1 is 1.03 bits per heavy atom. The smallest absolute Gasteiger partial charge is 0.269 e. The molecule has 4 aromatic rings. The van der Waals surface area contributed by atoms with Gasteiger partial charge in [0.15, 0.2) is 5.11 Å². The van der Waals surface area contributed by atoms with E-state index in [-0.39, 0.29) is 5.69 Å². The van der Waals surface area contributed by atoms with Gasteiger partial charge < -0.3 is 10.6 Å². The van der Waals surface area contributed by atoms with E-state index in [9.17, 15) is 10.1 Å². The first-order chi connectivity index (χ1) is 14.9. The molecule has 8 heteroatoms. The number of non-ortho nitro benzene ring substituents is 1. The van der Waals surface area contributed by atoms with Gasteiger partial charge in [0.05, 0.1) is 28.5 Å². The highest BCUT2D eigenvalue weighted by Crippen LogP contribution is 2.24. The van der Waals surface area contributed by atoms with Gasteiger partial charge in [-0.15, -0.1) is 0 Å². The molecule has 0 aliphatic heterocycles. The lowest BCUT2D eigenvalue weighted by Crippen LogP contribution is -2.20. The SMILES string of the molecule is Cc1nn(Cc2cccc3ccccc23)c(C)c1NC(=S)Nc1ccc([N+](=O)[O-])cc1. The highest BCUT2D eigenvalue weighted by molar-refractivity contribution is 7.80. The van der Waals surface area contributed by atoms with Crippen molar-refractivity contribution in [1.82, 2.24) is 9.78 Å². The normalized spacial score (nSPS) is 10.8. The number of fused-ring (bicyclic) bond motifs is 1. The fraction of sp³-hybridized carbons (Fsp3) is 0.130. The number of nitrogens with one attached hydrogen (secondary N) is 2. The topological polar surface area (TPSA) is 85.0 Å². The van der Waals surface area contributed by atoms with Gasteiger partial charge in [-0.3, -0.25) is 14.8 Å². The lowest BCUT2D eigenvalue weighted by Gasteiger charge is -2.12. The summed E-state index contributed by atoms with van der Waals surface area (Å²) in [5, 5.41) is 24.6. The van der Waals surface area contributed by atoms with Gasteiger partial charge in [0.2, 0.25) is 0 Å². The molecule has 2 N–H and O–H groups in total. The molecule has 0 unspecified atom stereocenters.